The Bertz CT molecular complexity index is 1030. The Hall–Kier alpha value is -1.85. The minimum absolute atomic E-state index is 0.755. The summed E-state index contributed by atoms with van der Waals surface area (Å²) >= 11 is 2.39. The van der Waals surface area contributed by atoms with E-state index in [1.165, 1.54) is 42.1 Å². The molecule has 0 radical (unpaired) electrons. The maximum Gasteiger partial charge on any atom is 0.0497 e. The molecule has 2 nitrogen and oxygen atoms in total. The Labute approximate surface area is 161 Å². The van der Waals surface area contributed by atoms with Crippen LogP contribution in [0.1, 0.15) is 18.4 Å². The fraction of sp³-hybridized carbons (Fsp3) is 0.182. The fourth-order valence-corrected chi connectivity index (χ4v) is 4.01. The molecular weight excluding hydrogens is 419 g/mol. The third kappa shape index (κ3) is 3.31. The number of hydrogen-bond acceptors (Lipinski definition) is 1. The van der Waals surface area contributed by atoms with Gasteiger partial charge in [0.25, 0.3) is 0 Å². The Morgan fingerprint density at radius 3 is 2.56 bits per heavy atom. The van der Waals surface area contributed by atoms with Crippen molar-refractivity contribution in [1.29, 1.82) is 0 Å². The molecule has 0 aliphatic rings. The van der Waals surface area contributed by atoms with Gasteiger partial charge in [-0.1, -0.05) is 36.4 Å². The van der Waals surface area contributed by atoms with Gasteiger partial charge < -0.3 is 10.7 Å². The lowest BCUT2D eigenvalue weighted by atomic mass is 9.98. The van der Waals surface area contributed by atoms with Crippen LogP contribution in [0.2, 0.25) is 0 Å². The van der Waals surface area contributed by atoms with Crippen LogP contribution in [-0.4, -0.2) is 11.5 Å². The van der Waals surface area contributed by atoms with Crippen LogP contribution >= 0.6 is 22.6 Å². The van der Waals surface area contributed by atoms with E-state index in [1.807, 2.05) is 0 Å². The summed E-state index contributed by atoms with van der Waals surface area (Å²) in [4.78, 5) is 3.66. The number of H-pyrrole nitrogens is 1. The molecule has 0 unspecified atom stereocenters. The normalized spacial score (nSPS) is 11.4. The number of nitrogens with two attached hydrogens (primary N) is 1. The van der Waals surface area contributed by atoms with Gasteiger partial charge in [0.15, 0.2) is 0 Å². The molecule has 3 N–H and O–H groups in total. The molecule has 126 valence electrons. The third-order valence-corrected chi connectivity index (χ3v) is 5.46. The van der Waals surface area contributed by atoms with Gasteiger partial charge in [-0.15, -0.1) is 0 Å². The molecule has 0 saturated heterocycles. The molecular formula is C22H21IN2. The number of nitrogens with one attached hydrogen (secondary N) is 1. The lowest BCUT2D eigenvalue weighted by Crippen LogP contribution is -1.99. The van der Waals surface area contributed by atoms with Crippen molar-refractivity contribution in [3.05, 3.63) is 69.8 Å². The van der Waals surface area contributed by atoms with Crippen molar-refractivity contribution in [1.82, 2.24) is 4.98 Å². The van der Waals surface area contributed by atoms with Crippen LogP contribution in [0.25, 0.3) is 32.9 Å². The molecule has 0 amide bonds. The summed E-state index contributed by atoms with van der Waals surface area (Å²) in [5.41, 5.74) is 10.8. The van der Waals surface area contributed by atoms with Crippen LogP contribution in [0, 0.1) is 3.57 Å². The van der Waals surface area contributed by atoms with E-state index in [0.29, 0.717) is 0 Å². The molecule has 0 fully saturated rings. The summed E-state index contributed by atoms with van der Waals surface area (Å²) in [6, 6.07) is 21.9. The van der Waals surface area contributed by atoms with Crippen molar-refractivity contribution in [2.75, 3.05) is 6.54 Å². The second-order valence-corrected chi connectivity index (χ2v) is 7.72. The Morgan fingerprint density at radius 1 is 0.880 bits per heavy atom. The van der Waals surface area contributed by atoms with Crippen molar-refractivity contribution in [2.45, 2.75) is 19.3 Å². The lowest BCUT2D eigenvalue weighted by Gasteiger charge is -2.07. The summed E-state index contributed by atoms with van der Waals surface area (Å²) in [7, 11) is 0. The summed E-state index contributed by atoms with van der Waals surface area (Å²) < 4.78 is 1.27. The van der Waals surface area contributed by atoms with Gasteiger partial charge in [0.05, 0.1) is 0 Å². The Morgan fingerprint density at radius 2 is 1.72 bits per heavy atom. The fourth-order valence-electron chi connectivity index (χ4n) is 3.52. The van der Waals surface area contributed by atoms with Gasteiger partial charge in [-0.3, -0.25) is 0 Å². The highest BCUT2D eigenvalue weighted by Crippen LogP contribution is 2.33. The van der Waals surface area contributed by atoms with Crippen molar-refractivity contribution < 1.29 is 0 Å². The number of rotatable bonds is 5. The Kier molecular flexibility index (Phi) is 4.77. The summed E-state index contributed by atoms with van der Waals surface area (Å²) in [5, 5.41) is 3.90. The van der Waals surface area contributed by atoms with Gasteiger partial charge >= 0.3 is 0 Å². The highest BCUT2D eigenvalue weighted by molar-refractivity contribution is 14.1. The van der Waals surface area contributed by atoms with Crippen molar-refractivity contribution >= 4 is 44.3 Å². The molecule has 3 aromatic carbocycles. The molecule has 1 heterocycles. The first kappa shape index (κ1) is 16.6. The number of hydrogen-bond donors (Lipinski definition) is 2. The first-order valence-corrected chi connectivity index (χ1v) is 9.83. The van der Waals surface area contributed by atoms with Crippen molar-refractivity contribution in [3.8, 4) is 11.3 Å². The molecule has 0 aliphatic heterocycles. The monoisotopic (exact) mass is 440 g/mol. The van der Waals surface area contributed by atoms with E-state index in [2.05, 4.69) is 88.2 Å². The van der Waals surface area contributed by atoms with Gasteiger partial charge in [-0.05, 0) is 94.6 Å². The molecule has 0 bridgehead atoms. The third-order valence-electron chi connectivity index (χ3n) is 4.79. The lowest BCUT2D eigenvalue weighted by molar-refractivity contribution is 0.748. The molecule has 0 atom stereocenters. The van der Waals surface area contributed by atoms with E-state index in [4.69, 9.17) is 5.73 Å². The zero-order valence-electron chi connectivity index (χ0n) is 14.1. The number of aromatic nitrogens is 1. The maximum absolute atomic E-state index is 5.71. The van der Waals surface area contributed by atoms with E-state index in [9.17, 15) is 0 Å². The number of halogens is 1. The van der Waals surface area contributed by atoms with Crippen molar-refractivity contribution in [2.24, 2.45) is 5.73 Å². The standard InChI is InChI=1S/C22H21IN2/c23-18-10-11-21-20(14-18)19(7-3-4-12-24)22(25-21)17-9-8-15-5-1-2-6-16(15)13-17/h1-2,5-6,8-11,13-14,25H,3-4,7,12,24H2. The van der Waals surface area contributed by atoms with Crippen LogP contribution in [0.15, 0.2) is 60.7 Å². The minimum Gasteiger partial charge on any atom is -0.354 e. The maximum atomic E-state index is 5.71. The van der Waals surface area contributed by atoms with E-state index in [-0.39, 0.29) is 0 Å². The molecule has 4 aromatic rings. The predicted molar refractivity (Wildman–Crippen MR) is 116 cm³/mol. The summed E-state index contributed by atoms with van der Waals surface area (Å²) in [5.74, 6) is 0. The van der Waals surface area contributed by atoms with Gasteiger partial charge in [-0.2, -0.15) is 0 Å². The zero-order valence-corrected chi connectivity index (χ0v) is 16.2. The van der Waals surface area contributed by atoms with Gasteiger partial charge in [-0.25, -0.2) is 0 Å². The number of unbranched alkanes of at least 4 members (excludes halogenated alkanes) is 1. The predicted octanol–water partition coefficient (Wildman–Crippen LogP) is 5.87. The Balaban J connectivity index is 1.87. The molecule has 4 rings (SSSR count). The van der Waals surface area contributed by atoms with Crippen LogP contribution < -0.4 is 5.73 Å². The molecule has 1 aromatic heterocycles. The highest BCUT2D eigenvalue weighted by atomic mass is 127. The van der Waals surface area contributed by atoms with Crippen LogP contribution in [-0.2, 0) is 6.42 Å². The van der Waals surface area contributed by atoms with Crippen LogP contribution in [0.4, 0.5) is 0 Å². The summed E-state index contributed by atoms with van der Waals surface area (Å²) in [6.45, 7) is 0.755. The summed E-state index contributed by atoms with van der Waals surface area (Å²) in [6.07, 6.45) is 3.24. The average molecular weight is 440 g/mol. The molecule has 0 spiro atoms. The van der Waals surface area contributed by atoms with E-state index < -0.39 is 0 Å². The van der Waals surface area contributed by atoms with Gasteiger partial charge in [0, 0.05) is 20.2 Å². The van der Waals surface area contributed by atoms with E-state index in [1.54, 1.807) is 0 Å². The minimum atomic E-state index is 0.755. The molecule has 0 saturated carbocycles. The molecule has 3 heteroatoms. The highest BCUT2D eigenvalue weighted by Gasteiger charge is 2.13. The zero-order chi connectivity index (χ0) is 17.2. The SMILES string of the molecule is NCCCCc1c(-c2ccc3ccccc3c2)[nH]c2ccc(I)cc12. The smallest absolute Gasteiger partial charge is 0.0497 e. The second-order valence-electron chi connectivity index (χ2n) is 6.48. The number of fused-ring (bicyclic) bond motifs is 2. The number of aryl methyl sites for hydroxylation is 1. The average Bonchev–Trinajstić information content (AvgIpc) is 2.99. The molecule has 0 aliphatic carbocycles. The number of benzene rings is 3. The first-order valence-electron chi connectivity index (χ1n) is 8.75. The van der Waals surface area contributed by atoms with Crippen molar-refractivity contribution in [3.63, 3.8) is 0 Å². The van der Waals surface area contributed by atoms with Crippen LogP contribution in [0.5, 0.6) is 0 Å². The van der Waals surface area contributed by atoms with E-state index in [0.717, 1.165) is 25.8 Å². The first-order chi connectivity index (χ1) is 12.3. The second kappa shape index (κ2) is 7.18. The van der Waals surface area contributed by atoms with Gasteiger partial charge in [0.1, 0.15) is 0 Å². The largest absolute Gasteiger partial charge is 0.354 e. The number of aromatic amines is 1. The van der Waals surface area contributed by atoms with E-state index >= 15 is 0 Å². The molecule has 25 heavy (non-hydrogen) atoms. The van der Waals surface area contributed by atoms with Gasteiger partial charge in [0.2, 0.25) is 0 Å². The topological polar surface area (TPSA) is 41.8 Å². The van der Waals surface area contributed by atoms with Crippen LogP contribution in [0.3, 0.4) is 0 Å². The quantitative estimate of drug-likeness (QED) is 0.296.